The Morgan fingerprint density at radius 1 is 1.57 bits per heavy atom. The van der Waals surface area contributed by atoms with Crippen molar-refractivity contribution in [3.63, 3.8) is 0 Å². The number of aryl methyl sites for hydroxylation is 1. The van der Waals surface area contributed by atoms with Gasteiger partial charge < -0.3 is 10.4 Å². The number of aliphatic hydroxyl groups excluding tert-OH is 1. The Morgan fingerprint density at radius 2 is 2.29 bits per heavy atom. The first-order valence-corrected chi connectivity index (χ1v) is 4.26. The number of amides is 1. The molecule has 76 valence electrons. The van der Waals surface area contributed by atoms with Gasteiger partial charge in [-0.3, -0.25) is 4.79 Å². The summed E-state index contributed by atoms with van der Waals surface area (Å²) in [6.45, 7) is 1.36. The first-order valence-electron chi connectivity index (χ1n) is 4.26. The molecule has 2 N–H and O–H groups in total. The molecular weight excluding hydrogens is 185 g/mol. The van der Waals surface area contributed by atoms with E-state index in [0.717, 1.165) is 0 Å². The van der Waals surface area contributed by atoms with Gasteiger partial charge in [0.25, 0.3) is 0 Å². The third kappa shape index (κ3) is 2.81. The van der Waals surface area contributed by atoms with Crippen molar-refractivity contribution in [2.45, 2.75) is 13.5 Å². The van der Waals surface area contributed by atoms with Gasteiger partial charge >= 0.3 is 0 Å². The molecule has 0 heterocycles. The van der Waals surface area contributed by atoms with Gasteiger partial charge in [-0.05, 0) is 24.1 Å². The van der Waals surface area contributed by atoms with E-state index in [1.807, 2.05) is 0 Å². The number of rotatable bonds is 3. The second kappa shape index (κ2) is 4.72. The molecule has 0 atom stereocenters. The van der Waals surface area contributed by atoms with Gasteiger partial charge in [0.05, 0.1) is 0 Å². The molecule has 14 heavy (non-hydrogen) atoms. The highest BCUT2D eigenvalue weighted by atomic mass is 19.1. The van der Waals surface area contributed by atoms with E-state index >= 15 is 0 Å². The van der Waals surface area contributed by atoms with E-state index < -0.39 is 12.5 Å². The minimum absolute atomic E-state index is 0.233. The van der Waals surface area contributed by atoms with Crippen LogP contribution in [0.3, 0.4) is 0 Å². The van der Waals surface area contributed by atoms with Crippen LogP contribution in [-0.2, 0) is 11.3 Å². The lowest BCUT2D eigenvalue weighted by molar-refractivity contribution is -0.123. The van der Waals surface area contributed by atoms with Gasteiger partial charge in [0.2, 0.25) is 5.91 Å². The molecule has 0 bridgehead atoms. The summed E-state index contributed by atoms with van der Waals surface area (Å²) >= 11 is 0. The Hall–Kier alpha value is -1.42. The van der Waals surface area contributed by atoms with E-state index in [4.69, 9.17) is 5.11 Å². The molecule has 0 fully saturated rings. The summed E-state index contributed by atoms with van der Waals surface area (Å²) in [4.78, 5) is 10.7. The number of halogens is 1. The second-order valence-corrected chi connectivity index (χ2v) is 3.02. The van der Waals surface area contributed by atoms with Crippen LogP contribution in [-0.4, -0.2) is 17.6 Å². The fraction of sp³-hybridized carbons (Fsp3) is 0.300. The molecule has 0 saturated carbocycles. The zero-order chi connectivity index (χ0) is 10.6. The van der Waals surface area contributed by atoms with Crippen LogP contribution >= 0.6 is 0 Å². The van der Waals surface area contributed by atoms with Gasteiger partial charge in [-0.25, -0.2) is 4.39 Å². The summed E-state index contributed by atoms with van der Waals surface area (Å²) < 4.78 is 13.0. The average Bonchev–Trinajstić information content (AvgIpc) is 2.19. The number of hydrogen-bond donors (Lipinski definition) is 2. The predicted molar refractivity (Wildman–Crippen MR) is 50.1 cm³/mol. The lowest BCUT2D eigenvalue weighted by atomic mass is 10.1. The number of hydrogen-bond acceptors (Lipinski definition) is 2. The summed E-state index contributed by atoms with van der Waals surface area (Å²) in [5, 5.41) is 10.9. The molecular formula is C10H12FNO2. The number of aliphatic hydroxyl groups is 1. The lowest BCUT2D eigenvalue weighted by Gasteiger charge is -2.04. The molecule has 1 aromatic rings. The fourth-order valence-electron chi connectivity index (χ4n) is 1.00. The van der Waals surface area contributed by atoms with Gasteiger partial charge in [0.1, 0.15) is 12.4 Å². The van der Waals surface area contributed by atoms with E-state index in [9.17, 15) is 9.18 Å². The first-order chi connectivity index (χ1) is 6.63. The van der Waals surface area contributed by atoms with E-state index in [2.05, 4.69) is 5.32 Å². The Labute approximate surface area is 81.6 Å². The standard InChI is InChI=1S/C10H12FNO2/c1-7-2-3-8(4-9(7)11)5-12-10(14)6-13/h2-4,13H,5-6H2,1H3,(H,12,14). The molecule has 0 aliphatic carbocycles. The third-order valence-corrected chi connectivity index (χ3v) is 1.87. The molecule has 0 aliphatic rings. The molecule has 0 saturated heterocycles. The van der Waals surface area contributed by atoms with Gasteiger partial charge in [-0.1, -0.05) is 12.1 Å². The maximum Gasteiger partial charge on any atom is 0.245 e. The molecule has 0 radical (unpaired) electrons. The maximum absolute atomic E-state index is 13.0. The molecule has 3 nitrogen and oxygen atoms in total. The van der Waals surface area contributed by atoms with Gasteiger partial charge in [-0.15, -0.1) is 0 Å². The van der Waals surface area contributed by atoms with Crippen molar-refractivity contribution in [2.24, 2.45) is 0 Å². The first kappa shape index (κ1) is 10.7. The Bertz CT molecular complexity index is 339. The van der Waals surface area contributed by atoms with Crippen LogP contribution in [0, 0.1) is 12.7 Å². The average molecular weight is 197 g/mol. The van der Waals surface area contributed by atoms with Crippen LogP contribution in [0.4, 0.5) is 4.39 Å². The Balaban J connectivity index is 2.60. The number of carbonyl (C=O) groups excluding carboxylic acids is 1. The van der Waals surface area contributed by atoms with Crippen LogP contribution in [0.25, 0.3) is 0 Å². The van der Waals surface area contributed by atoms with Crippen LogP contribution in [0.5, 0.6) is 0 Å². The zero-order valence-corrected chi connectivity index (χ0v) is 7.88. The quantitative estimate of drug-likeness (QED) is 0.751. The summed E-state index contributed by atoms with van der Waals surface area (Å²) in [7, 11) is 0. The van der Waals surface area contributed by atoms with Gasteiger partial charge in [-0.2, -0.15) is 0 Å². The monoisotopic (exact) mass is 197 g/mol. The summed E-state index contributed by atoms with van der Waals surface area (Å²) in [6.07, 6.45) is 0. The van der Waals surface area contributed by atoms with E-state index in [1.54, 1.807) is 19.1 Å². The topological polar surface area (TPSA) is 49.3 Å². The summed E-state index contributed by atoms with van der Waals surface area (Å²) in [6, 6.07) is 4.75. The number of nitrogens with one attached hydrogen (secondary N) is 1. The lowest BCUT2D eigenvalue weighted by Crippen LogP contribution is -2.25. The van der Waals surface area contributed by atoms with Crippen molar-refractivity contribution in [2.75, 3.05) is 6.61 Å². The maximum atomic E-state index is 13.0. The largest absolute Gasteiger partial charge is 0.387 e. The SMILES string of the molecule is Cc1ccc(CNC(=O)CO)cc1F. The van der Waals surface area contributed by atoms with E-state index in [1.165, 1.54) is 6.07 Å². The highest BCUT2D eigenvalue weighted by Gasteiger charge is 2.01. The Kier molecular flexibility index (Phi) is 3.59. The summed E-state index contributed by atoms with van der Waals surface area (Å²) in [5.41, 5.74) is 1.25. The number of benzene rings is 1. The van der Waals surface area contributed by atoms with Crippen molar-refractivity contribution < 1.29 is 14.3 Å². The second-order valence-electron chi connectivity index (χ2n) is 3.02. The highest BCUT2D eigenvalue weighted by molar-refractivity contribution is 5.76. The molecule has 0 aromatic heterocycles. The van der Waals surface area contributed by atoms with E-state index in [0.29, 0.717) is 11.1 Å². The molecule has 0 aliphatic heterocycles. The third-order valence-electron chi connectivity index (χ3n) is 1.87. The fourth-order valence-corrected chi connectivity index (χ4v) is 1.00. The molecule has 0 spiro atoms. The molecule has 1 aromatic carbocycles. The Morgan fingerprint density at radius 3 is 2.86 bits per heavy atom. The van der Waals surface area contributed by atoms with Crippen molar-refractivity contribution in [3.05, 3.63) is 35.1 Å². The van der Waals surface area contributed by atoms with Crippen molar-refractivity contribution in [1.82, 2.24) is 5.32 Å². The zero-order valence-electron chi connectivity index (χ0n) is 7.88. The van der Waals surface area contributed by atoms with Crippen LogP contribution < -0.4 is 5.32 Å². The summed E-state index contributed by atoms with van der Waals surface area (Å²) in [5.74, 6) is -0.758. The van der Waals surface area contributed by atoms with Crippen molar-refractivity contribution in [1.29, 1.82) is 0 Å². The van der Waals surface area contributed by atoms with Gasteiger partial charge in [0.15, 0.2) is 0 Å². The van der Waals surface area contributed by atoms with Gasteiger partial charge in [0, 0.05) is 6.54 Å². The van der Waals surface area contributed by atoms with Crippen LogP contribution in [0.1, 0.15) is 11.1 Å². The molecule has 0 unspecified atom stereocenters. The van der Waals surface area contributed by atoms with Crippen LogP contribution in [0.2, 0.25) is 0 Å². The normalized spacial score (nSPS) is 9.93. The van der Waals surface area contributed by atoms with Crippen molar-refractivity contribution in [3.8, 4) is 0 Å². The van der Waals surface area contributed by atoms with Crippen molar-refractivity contribution >= 4 is 5.91 Å². The molecule has 4 heteroatoms. The predicted octanol–water partition coefficient (Wildman–Crippen LogP) is 0.743. The molecule has 1 amide bonds. The van der Waals surface area contributed by atoms with E-state index in [-0.39, 0.29) is 12.4 Å². The molecule has 1 rings (SSSR count). The minimum Gasteiger partial charge on any atom is -0.387 e. The van der Waals surface area contributed by atoms with Crippen LogP contribution in [0.15, 0.2) is 18.2 Å². The highest BCUT2D eigenvalue weighted by Crippen LogP contribution is 2.08. The number of carbonyl (C=O) groups is 1. The smallest absolute Gasteiger partial charge is 0.245 e. The minimum atomic E-state index is -0.547.